The number of carbonyl (C=O) groups is 1. The van der Waals surface area contributed by atoms with Crippen LogP contribution in [0.4, 0.5) is 0 Å². The summed E-state index contributed by atoms with van der Waals surface area (Å²) in [5, 5.41) is 8.40. The number of hydrogen-bond acceptors (Lipinski definition) is 1. The maximum Gasteiger partial charge on any atom is 0.303 e. The smallest absolute Gasteiger partial charge is 0.303 e. The Morgan fingerprint density at radius 3 is 2.91 bits per heavy atom. The second-order valence-corrected chi connectivity index (χ2v) is 2.74. The first-order valence-corrected chi connectivity index (χ1v) is 3.84. The molecule has 1 atom stereocenters. The van der Waals surface area contributed by atoms with E-state index in [0.29, 0.717) is 5.92 Å². The Balaban J connectivity index is 2.22. The van der Waals surface area contributed by atoms with Gasteiger partial charge in [0, 0.05) is 6.42 Å². The van der Waals surface area contributed by atoms with Crippen LogP contribution in [0.3, 0.4) is 0 Å². The van der Waals surface area contributed by atoms with E-state index < -0.39 is 5.97 Å². The van der Waals surface area contributed by atoms with Crippen LogP contribution in [-0.4, -0.2) is 11.1 Å². The fourth-order valence-corrected chi connectivity index (χ4v) is 1.15. The van der Waals surface area contributed by atoms with Crippen molar-refractivity contribution in [1.82, 2.24) is 0 Å². The summed E-state index contributed by atoms with van der Waals surface area (Å²) >= 11 is 0. The number of hydrogen-bond donors (Lipinski definition) is 1. The minimum absolute atomic E-state index is 0.281. The van der Waals surface area contributed by atoms with Crippen LogP contribution in [0.25, 0.3) is 0 Å². The van der Waals surface area contributed by atoms with Crippen molar-refractivity contribution in [2.75, 3.05) is 0 Å². The molecule has 2 heteroatoms. The quantitative estimate of drug-likeness (QED) is 0.671. The minimum atomic E-state index is -0.701. The SMILES string of the molecule is O=C(O)CC[C@@H]1C=CC=CC1. The first kappa shape index (κ1) is 8.05. The fourth-order valence-electron chi connectivity index (χ4n) is 1.15. The zero-order valence-corrected chi connectivity index (χ0v) is 6.36. The Labute approximate surface area is 66.2 Å². The number of aliphatic carboxylic acids is 1. The molecule has 60 valence electrons. The van der Waals surface area contributed by atoms with Gasteiger partial charge in [0.25, 0.3) is 0 Å². The molecule has 1 rings (SSSR count). The Morgan fingerprint density at radius 1 is 1.55 bits per heavy atom. The zero-order chi connectivity index (χ0) is 8.10. The average Bonchev–Trinajstić information content (AvgIpc) is 2.03. The van der Waals surface area contributed by atoms with Crippen molar-refractivity contribution >= 4 is 5.97 Å². The lowest BCUT2D eigenvalue weighted by Gasteiger charge is -2.10. The van der Waals surface area contributed by atoms with Crippen molar-refractivity contribution in [1.29, 1.82) is 0 Å². The van der Waals surface area contributed by atoms with E-state index in [1.165, 1.54) is 0 Å². The van der Waals surface area contributed by atoms with Gasteiger partial charge in [-0.3, -0.25) is 4.79 Å². The first-order chi connectivity index (χ1) is 5.29. The van der Waals surface area contributed by atoms with Crippen molar-refractivity contribution in [3.8, 4) is 0 Å². The summed E-state index contributed by atoms with van der Waals surface area (Å²) < 4.78 is 0. The highest BCUT2D eigenvalue weighted by atomic mass is 16.4. The molecule has 0 radical (unpaired) electrons. The molecular formula is C9H12O2. The van der Waals surface area contributed by atoms with Crippen molar-refractivity contribution in [3.05, 3.63) is 24.3 Å². The normalized spacial score (nSPS) is 22.0. The summed E-state index contributed by atoms with van der Waals surface area (Å²) in [4.78, 5) is 10.2. The molecule has 0 spiro atoms. The molecule has 0 aromatic carbocycles. The average molecular weight is 152 g/mol. The van der Waals surface area contributed by atoms with Crippen molar-refractivity contribution in [2.45, 2.75) is 19.3 Å². The molecule has 0 fully saturated rings. The third-order valence-electron chi connectivity index (χ3n) is 1.80. The van der Waals surface area contributed by atoms with Crippen LogP contribution in [0.2, 0.25) is 0 Å². The molecule has 11 heavy (non-hydrogen) atoms. The van der Waals surface area contributed by atoms with Crippen LogP contribution < -0.4 is 0 Å². The minimum Gasteiger partial charge on any atom is -0.481 e. The van der Waals surface area contributed by atoms with Crippen LogP contribution in [-0.2, 0) is 4.79 Å². The number of carboxylic acids is 1. The van der Waals surface area contributed by atoms with Gasteiger partial charge in [0.05, 0.1) is 0 Å². The molecule has 0 aromatic heterocycles. The molecule has 0 aliphatic heterocycles. The van der Waals surface area contributed by atoms with E-state index in [4.69, 9.17) is 5.11 Å². The third-order valence-corrected chi connectivity index (χ3v) is 1.80. The largest absolute Gasteiger partial charge is 0.481 e. The topological polar surface area (TPSA) is 37.3 Å². The van der Waals surface area contributed by atoms with Crippen molar-refractivity contribution in [3.63, 3.8) is 0 Å². The molecule has 0 unspecified atom stereocenters. The summed E-state index contributed by atoms with van der Waals surface area (Å²) in [5.41, 5.74) is 0. The monoisotopic (exact) mass is 152 g/mol. The molecule has 0 heterocycles. The van der Waals surface area contributed by atoms with E-state index in [9.17, 15) is 4.79 Å². The lowest BCUT2D eigenvalue weighted by Crippen LogP contribution is -2.02. The van der Waals surface area contributed by atoms with Crippen molar-refractivity contribution < 1.29 is 9.90 Å². The van der Waals surface area contributed by atoms with Crippen LogP contribution in [0, 0.1) is 5.92 Å². The number of allylic oxidation sites excluding steroid dienone is 4. The van der Waals surface area contributed by atoms with Gasteiger partial charge < -0.3 is 5.11 Å². The lowest BCUT2D eigenvalue weighted by atomic mass is 9.96. The standard InChI is InChI=1S/C9H12O2/c10-9(11)7-6-8-4-2-1-3-5-8/h1-4,8H,5-7H2,(H,10,11)/t8-/m1/s1. The number of rotatable bonds is 3. The summed E-state index contributed by atoms with van der Waals surface area (Å²) in [6.07, 6.45) is 10.2. The van der Waals surface area contributed by atoms with Gasteiger partial charge in [0.15, 0.2) is 0 Å². The maximum atomic E-state index is 10.2. The summed E-state index contributed by atoms with van der Waals surface area (Å²) in [5.74, 6) is -0.260. The molecule has 0 saturated carbocycles. The van der Waals surface area contributed by atoms with E-state index in [1.807, 2.05) is 12.2 Å². The molecule has 0 bridgehead atoms. The van der Waals surface area contributed by atoms with Gasteiger partial charge in [-0.1, -0.05) is 24.3 Å². The molecule has 0 amide bonds. The van der Waals surface area contributed by atoms with Gasteiger partial charge >= 0.3 is 5.97 Å². The highest BCUT2D eigenvalue weighted by molar-refractivity contribution is 5.66. The molecule has 1 N–H and O–H groups in total. The maximum absolute atomic E-state index is 10.2. The van der Waals surface area contributed by atoms with E-state index in [-0.39, 0.29) is 6.42 Å². The van der Waals surface area contributed by atoms with Gasteiger partial charge in [-0.05, 0) is 18.8 Å². The van der Waals surface area contributed by atoms with Gasteiger partial charge in [-0.25, -0.2) is 0 Å². The summed E-state index contributed by atoms with van der Waals surface area (Å²) in [6, 6.07) is 0. The van der Waals surface area contributed by atoms with Crippen molar-refractivity contribution in [2.24, 2.45) is 5.92 Å². The highest BCUT2D eigenvalue weighted by Gasteiger charge is 2.06. The van der Waals surface area contributed by atoms with Crippen LogP contribution >= 0.6 is 0 Å². The van der Waals surface area contributed by atoms with E-state index in [0.717, 1.165) is 12.8 Å². The predicted molar refractivity (Wildman–Crippen MR) is 43.3 cm³/mol. The van der Waals surface area contributed by atoms with E-state index in [2.05, 4.69) is 12.2 Å². The van der Waals surface area contributed by atoms with Gasteiger partial charge in [-0.2, -0.15) is 0 Å². The fraction of sp³-hybridized carbons (Fsp3) is 0.444. The molecule has 1 aliphatic carbocycles. The van der Waals surface area contributed by atoms with Gasteiger partial charge in [0.2, 0.25) is 0 Å². The van der Waals surface area contributed by atoms with Crippen LogP contribution in [0.15, 0.2) is 24.3 Å². The van der Waals surface area contributed by atoms with E-state index in [1.54, 1.807) is 0 Å². The second kappa shape index (κ2) is 3.96. The predicted octanol–water partition coefficient (Wildman–Crippen LogP) is 1.98. The lowest BCUT2D eigenvalue weighted by molar-refractivity contribution is -0.137. The Morgan fingerprint density at radius 2 is 2.36 bits per heavy atom. The summed E-state index contributed by atoms with van der Waals surface area (Å²) in [6.45, 7) is 0. The zero-order valence-electron chi connectivity index (χ0n) is 6.36. The van der Waals surface area contributed by atoms with E-state index >= 15 is 0 Å². The Kier molecular flexibility index (Phi) is 2.90. The molecule has 1 aliphatic rings. The van der Waals surface area contributed by atoms with Gasteiger partial charge in [0.1, 0.15) is 0 Å². The molecular weight excluding hydrogens is 140 g/mol. The Bertz CT molecular complexity index is 192. The third kappa shape index (κ3) is 3.03. The number of carboxylic acid groups (broad SMARTS) is 1. The second-order valence-electron chi connectivity index (χ2n) is 2.74. The van der Waals surface area contributed by atoms with Crippen LogP contribution in [0.1, 0.15) is 19.3 Å². The van der Waals surface area contributed by atoms with Gasteiger partial charge in [-0.15, -0.1) is 0 Å². The van der Waals surface area contributed by atoms with Crippen LogP contribution in [0.5, 0.6) is 0 Å². The Hall–Kier alpha value is -1.05. The highest BCUT2D eigenvalue weighted by Crippen LogP contribution is 2.16. The molecule has 0 saturated heterocycles. The first-order valence-electron chi connectivity index (χ1n) is 3.84. The molecule has 0 aromatic rings. The summed E-state index contributed by atoms with van der Waals surface area (Å²) in [7, 11) is 0. The molecule has 2 nitrogen and oxygen atoms in total.